The molecule has 202 valence electrons. The highest BCUT2D eigenvalue weighted by Gasteiger charge is 2.33. The van der Waals surface area contributed by atoms with Crippen molar-refractivity contribution in [2.45, 2.75) is 64.0 Å². The lowest BCUT2D eigenvalue weighted by atomic mass is 9.84. The van der Waals surface area contributed by atoms with Crippen LogP contribution in [0.25, 0.3) is 11.0 Å². The van der Waals surface area contributed by atoms with Gasteiger partial charge in [-0.15, -0.1) is 0 Å². The Labute approximate surface area is 226 Å². The molecule has 1 N–H and O–H groups in total. The minimum atomic E-state index is -0.287. The molecule has 7 nitrogen and oxygen atoms in total. The lowest BCUT2D eigenvalue weighted by molar-refractivity contribution is 0.162. The molecule has 2 aromatic carbocycles. The van der Waals surface area contributed by atoms with E-state index in [1.165, 1.54) is 56.0 Å². The molecule has 1 amide bonds. The molecule has 3 aromatic rings. The Balaban J connectivity index is 1.39. The largest absolute Gasteiger partial charge is 0.452 e. The van der Waals surface area contributed by atoms with E-state index in [2.05, 4.69) is 64.2 Å². The highest BCUT2D eigenvalue weighted by Crippen LogP contribution is 2.41. The van der Waals surface area contributed by atoms with Crippen molar-refractivity contribution in [1.82, 2.24) is 19.8 Å². The molecular weight excluding hydrogens is 474 g/mol. The van der Waals surface area contributed by atoms with Gasteiger partial charge in [0.25, 0.3) is 0 Å². The zero-order valence-corrected chi connectivity index (χ0v) is 22.9. The highest BCUT2D eigenvalue weighted by molar-refractivity contribution is 5.95. The summed E-state index contributed by atoms with van der Waals surface area (Å²) in [6, 6.07) is 15.6. The standard InChI is InChI=1S/C31H41N5O2/c1-22-11-12-26-27(35(22)31(37)38-2)13-14-28-30(26)33-29(20-23-7-4-3-5-8-23)36(28)25-10-6-9-24(19-25)21-34-17-15-32-16-18-34/h3-5,7-8,13-14,22,24-25,32H,6,9-12,15-21H2,1-2H3/t22-,24-,25-/m0/s1. The number of anilines is 1. The summed E-state index contributed by atoms with van der Waals surface area (Å²) < 4.78 is 7.74. The zero-order valence-electron chi connectivity index (χ0n) is 22.9. The molecule has 38 heavy (non-hydrogen) atoms. The Morgan fingerprint density at radius 1 is 1.08 bits per heavy atom. The summed E-state index contributed by atoms with van der Waals surface area (Å²) >= 11 is 0. The molecule has 0 radical (unpaired) electrons. The average Bonchev–Trinajstić information content (AvgIpc) is 3.32. The van der Waals surface area contributed by atoms with Gasteiger partial charge < -0.3 is 19.5 Å². The number of methoxy groups -OCH3 is 1. The van der Waals surface area contributed by atoms with Gasteiger partial charge in [-0.05, 0) is 62.6 Å². The molecule has 7 heteroatoms. The summed E-state index contributed by atoms with van der Waals surface area (Å²) in [7, 11) is 1.47. The van der Waals surface area contributed by atoms with Gasteiger partial charge in [0.1, 0.15) is 5.82 Å². The molecule has 0 spiro atoms. The summed E-state index contributed by atoms with van der Waals surface area (Å²) in [5, 5.41) is 3.49. The van der Waals surface area contributed by atoms with E-state index in [4.69, 9.17) is 9.72 Å². The average molecular weight is 516 g/mol. The van der Waals surface area contributed by atoms with E-state index in [-0.39, 0.29) is 12.1 Å². The van der Waals surface area contributed by atoms with Crippen LogP contribution in [-0.2, 0) is 17.6 Å². The van der Waals surface area contributed by atoms with Crippen molar-refractivity contribution < 1.29 is 9.53 Å². The minimum absolute atomic E-state index is 0.113. The number of fused-ring (bicyclic) bond motifs is 3. The first-order valence-electron chi connectivity index (χ1n) is 14.5. The van der Waals surface area contributed by atoms with Crippen LogP contribution in [0.4, 0.5) is 10.5 Å². The Hall–Kier alpha value is -2.90. The molecule has 3 atom stereocenters. The van der Waals surface area contributed by atoms with Crippen molar-refractivity contribution in [3.05, 3.63) is 59.4 Å². The topological polar surface area (TPSA) is 62.6 Å². The van der Waals surface area contributed by atoms with Gasteiger partial charge in [0, 0.05) is 56.8 Å². The van der Waals surface area contributed by atoms with Crippen LogP contribution in [0.5, 0.6) is 0 Å². The van der Waals surface area contributed by atoms with E-state index in [1.54, 1.807) is 0 Å². The number of aromatic nitrogens is 2. The first-order chi connectivity index (χ1) is 18.6. The Morgan fingerprint density at radius 2 is 1.89 bits per heavy atom. The second kappa shape index (κ2) is 11.1. The first-order valence-corrected chi connectivity index (χ1v) is 14.5. The number of carbonyl (C=O) groups is 1. The van der Waals surface area contributed by atoms with Crippen molar-refractivity contribution in [2.75, 3.05) is 44.7 Å². The third-order valence-electron chi connectivity index (χ3n) is 8.95. The van der Waals surface area contributed by atoms with Crippen LogP contribution < -0.4 is 10.2 Å². The van der Waals surface area contributed by atoms with Gasteiger partial charge in [-0.1, -0.05) is 36.8 Å². The predicted molar refractivity (Wildman–Crippen MR) is 152 cm³/mol. The predicted octanol–water partition coefficient (Wildman–Crippen LogP) is 5.17. The summed E-state index contributed by atoms with van der Waals surface area (Å²) in [4.78, 5) is 22.5. The number of piperazine rings is 1. The maximum Gasteiger partial charge on any atom is 0.414 e. The SMILES string of the molecule is COC(=O)N1c2ccc3c(nc(Cc4ccccc4)n3[C@H]3CCC[C@H](CN4CCNCC4)C3)c2CC[C@@H]1C. The molecule has 0 bridgehead atoms. The van der Waals surface area contributed by atoms with Crippen LogP contribution >= 0.6 is 0 Å². The third kappa shape index (κ3) is 4.94. The Bertz CT molecular complexity index is 1270. The fraction of sp³-hybridized carbons (Fsp3) is 0.548. The number of ether oxygens (including phenoxy) is 1. The van der Waals surface area contributed by atoms with E-state index >= 15 is 0 Å². The van der Waals surface area contributed by atoms with Gasteiger partial charge in [-0.3, -0.25) is 4.90 Å². The lowest BCUT2D eigenvalue weighted by Gasteiger charge is -2.36. The van der Waals surface area contributed by atoms with Crippen molar-refractivity contribution in [3.63, 3.8) is 0 Å². The molecule has 1 saturated heterocycles. The molecule has 1 aliphatic carbocycles. The Morgan fingerprint density at radius 3 is 2.68 bits per heavy atom. The van der Waals surface area contributed by atoms with Crippen LogP contribution in [0.1, 0.15) is 62.0 Å². The number of hydrogen-bond acceptors (Lipinski definition) is 5. The highest BCUT2D eigenvalue weighted by atomic mass is 16.5. The van der Waals surface area contributed by atoms with Crippen LogP contribution in [0.2, 0.25) is 0 Å². The van der Waals surface area contributed by atoms with Gasteiger partial charge in [0.05, 0.1) is 23.8 Å². The maximum atomic E-state index is 12.7. The maximum absolute atomic E-state index is 12.7. The smallest absolute Gasteiger partial charge is 0.414 e. The van der Waals surface area contributed by atoms with Gasteiger partial charge in [-0.25, -0.2) is 9.78 Å². The quantitative estimate of drug-likeness (QED) is 0.508. The molecule has 0 unspecified atom stereocenters. The Kier molecular flexibility index (Phi) is 7.39. The van der Waals surface area contributed by atoms with Crippen LogP contribution in [-0.4, -0.2) is 66.4 Å². The van der Waals surface area contributed by atoms with Crippen LogP contribution in [0.15, 0.2) is 42.5 Å². The summed E-state index contributed by atoms with van der Waals surface area (Å²) in [6.07, 6.45) is 7.38. The van der Waals surface area contributed by atoms with Crippen molar-refractivity contribution in [1.29, 1.82) is 0 Å². The van der Waals surface area contributed by atoms with Gasteiger partial charge in [-0.2, -0.15) is 0 Å². The second-order valence-corrected chi connectivity index (χ2v) is 11.5. The van der Waals surface area contributed by atoms with E-state index in [1.807, 2.05) is 4.90 Å². The minimum Gasteiger partial charge on any atom is -0.452 e. The molecule has 2 aliphatic heterocycles. The van der Waals surface area contributed by atoms with Crippen LogP contribution in [0.3, 0.4) is 0 Å². The number of nitrogens with zero attached hydrogens (tertiary/aromatic N) is 4. The van der Waals surface area contributed by atoms with E-state index in [9.17, 15) is 4.79 Å². The van der Waals surface area contributed by atoms with Gasteiger partial charge in [0.2, 0.25) is 0 Å². The number of imidazole rings is 1. The lowest BCUT2D eigenvalue weighted by Crippen LogP contribution is -2.45. The number of hydrogen-bond donors (Lipinski definition) is 1. The number of amides is 1. The molecule has 2 fully saturated rings. The van der Waals surface area contributed by atoms with E-state index in [0.29, 0.717) is 6.04 Å². The first kappa shape index (κ1) is 25.4. The second-order valence-electron chi connectivity index (χ2n) is 11.5. The van der Waals surface area contributed by atoms with E-state index in [0.717, 1.165) is 68.4 Å². The van der Waals surface area contributed by atoms with Gasteiger partial charge in [0.15, 0.2) is 0 Å². The molecule has 1 aromatic heterocycles. The number of benzene rings is 2. The number of rotatable bonds is 5. The van der Waals surface area contributed by atoms with Crippen molar-refractivity contribution >= 4 is 22.8 Å². The normalized spacial score (nSPS) is 24.4. The van der Waals surface area contributed by atoms with Crippen molar-refractivity contribution in [3.8, 4) is 0 Å². The number of aryl methyl sites for hydroxylation is 1. The van der Waals surface area contributed by atoms with Gasteiger partial charge >= 0.3 is 6.09 Å². The third-order valence-corrected chi connectivity index (χ3v) is 8.95. The summed E-state index contributed by atoms with van der Waals surface area (Å²) in [5.41, 5.74) is 5.72. The van der Waals surface area contributed by atoms with Crippen LogP contribution in [0, 0.1) is 5.92 Å². The van der Waals surface area contributed by atoms with Crippen molar-refractivity contribution in [2.24, 2.45) is 5.92 Å². The molecule has 3 aliphatic rings. The monoisotopic (exact) mass is 515 g/mol. The molecule has 6 rings (SSSR count). The summed E-state index contributed by atoms with van der Waals surface area (Å²) in [5.74, 6) is 1.87. The number of carbonyl (C=O) groups excluding carboxylic acids is 1. The fourth-order valence-corrected chi connectivity index (χ4v) is 7.06. The number of nitrogens with one attached hydrogen (secondary N) is 1. The fourth-order valence-electron chi connectivity index (χ4n) is 7.06. The molecule has 3 heterocycles. The van der Waals surface area contributed by atoms with E-state index < -0.39 is 0 Å². The molecular formula is C31H41N5O2. The molecule has 1 saturated carbocycles. The summed E-state index contributed by atoms with van der Waals surface area (Å²) in [6.45, 7) is 7.85. The zero-order chi connectivity index (χ0) is 26.1.